The van der Waals surface area contributed by atoms with E-state index in [2.05, 4.69) is 39.7 Å². The average molecular weight is 601 g/mol. The molecule has 0 bridgehead atoms. The lowest BCUT2D eigenvalue weighted by molar-refractivity contribution is 0.261. The summed E-state index contributed by atoms with van der Waals surface area (Å²) >= 11 is 0. The van der Waals surface area contributed by atoms with Crippen molar-refractivity contribution in [2.75, 3.05) is 54.5 Å². The summed E-state index contributed by atoms with van der Waals surface area (Å²) in [7, 11) is 8.00. The molecule has 6 rings (SSSR count). The summed E-state index contributed by atoms with van der Waals surface area (Å²) in [5.74, 6) is 2.50. The number of likely N-dealkylation sites (N-methyl/N-ethyl adjacent to an activating group) is 2. The Morgan fingerprint density at radius 2 is 1.11 bits per heavy atom. The summed E-state index contributed by atoms with van der Waals surface area (Å²) in [6, 6.07) is 7.25. The van der Waals surface area contributed by atoms with E-state index in [4.69, 9.17) is 9.47 Å². The van der Waals surface area contributed by atoms with E-state index in [1.165, 1.54) is 0 Å². The molecule has 2 aliphatic carbocycles. The standard InChI is InChI=1S/2C16H20N4O2/c2*1-20(2)8-9-22-11-6-7-17-14(10-11)15-18-13-5-3-4-12(13)16(21)19-15/h2*6-7,10H,3-5,8-9H2,1-2H3,(H,18,19,21). The molecule has 0 aromatic carbocycles. The molecule has 12 heteroatoms. The molecule has 0 atom stereocenters. The van der Waals surface area contributed by atoms with E-state index in [0.29, 0.717) is 36.3 Å². The van der Waals surface area contributed by atoms with Crippen LogP contribution in [-0.4, -0.2) is 94.2 Å². The number of rotatable bonds is 10. The summed E-state index contributed by atoms with van der Waals surface area (Å²) in [5.41, 5.74) is 4.63. The molecule has 0 fully saturated rings. The van der Waals surface area contributed by atoms with Crippen molar-refractivity contribution in [3.63, 3.8) is 0 Å². The van der Waals surface area contributed by atoms with Crippen LogP contribution in [-0.2, 0) is 25.7 Å². The summed E-state index contributed by atoms with van der Waals surface area (Å²) < 4.78 is 11.4. The number of hydrogen-bond acceptors (Lipinski definition) is 10. The summed E-state index contributed by atoms with van der Waals surface area (Å²) in [6.45, 7) is 2.88. The Hall–Kier alpha value is -4.42. The highest BCUT2D eigenvalue weighted by molar-refractivity contribution is 5.53. The van der Waals surface area contributed by atoms with Crippen LogP contribution in [0.1, 0.15) is 35.4 Å². The number of nitrogens with zero attached hydrogens (tertiary/aromatic N) is 6. The van der Waals surface area contributed by atoms with Gasteiger partial charge in [-0.05, 0) is 78.8 Å². The lowest BCUT2D eigenvalue weighted by atomic mass is 10.2. The first kappa shape index (κ1) is 31.0. The van der Waals surface area contributed by atoms with Crippen molar-refractivity contribution in [1.82, 2.24) is 39.7 Å². The van der Waals surface area contributed by atoms with Crippen molar-refractivity contribution in [3.05, 3.63) is 79.9 Å². The van der Waals surface area contributed by atoms with E-state index in [-0.39, 0.29) is 11.1 Å². The molecule has 2 aliphatic rings. The SMILES string of the molecule is CN(C)CCOc1ccnc(-c2nc3c(c(=O)[nH]2)CCC3)c1.CN(C)CCOc1ccnc(-c2nc3c(c(=O)[nH]2)CCC3)c1. The molecule has 0 radical (unpaired) electrons. The largest absolute Gasteiger partial charge is 0.492 e. The van der Waals surface area contributed by atoms with Gasteiger partial charge in [0.15, 0.2) is 11.6 Å². The lowest BCUT2D eigenvalue weighted by Gasteiger charge is -2.11. The van der Waals surface area contributed by atoms with E-state index in [9.17, 15) is 9.59 Å². The van der Waals surface area contributed by atoms with Gasteiger partial charge in [-0.1, -0.05) is 0 Å². The van der Waals surface area contributed by atoms with E-state index in [1.807, 2.05) is 52.5 Å². The van der Waals surface area contributed by atoms with Crippen LogP contribution in [0.2, 0.25) is 0 Å². The molecule has 0 amide bonds. The fourth-order valence-electron chi connectivity index (χ4n) is 5.08. The Labute approximate surface area is 256 Å². The number of aromatic amines is 2. The highest BCUT2D eigenvalue weighted by atomic mass is 16.5. The predicted octanol–water partition coefficient (Wildman–Crippen LogP) is 2.52. The maximum Gasteiger partial charge on any atom is 0.254 e. The zero-order valence-corrected chi connectivity index (χ0v) is 25.9. The Kier molecular flexibility index (Phi) is 10.1. The van der Waals surface area contributed by atoms with Crippen LogP contribution < -0.4 is 20.6 Å². The molecule has 44 heavy (non-hydrogen) atoms. The van der Waals surface area contributed by atoms with Crippen LogP contribution in [0.5, 0.6) is 11.5 Å². The van der Waals surface area contributed by atoms with Crippen molar-refractivity contribution in [2.45, 2.75) is 38.5 Å². The first-order chi connectivity index (χ1) is 21.3. The summed E-state index contributed by atoms with van der Waals surface area (Å²) in [5, 5.41) is 0. The molecular weight excluding hydrogens is 560 g/mol. The summed E-state index contributed by atoms with van der Waals surface area (Å²) in [6.07, 6.45) is 8.71. The highest BCUT2D eigenvalue weighted by Gasteiger charge is 2.19. The molecule has 4 heterocycles. The lowest BCUT2D eigenvalue weighted by Crippen LogP contribution is -2.19. The number of fused-ring (bicyclic) bond motifs is 2. The third-order valence-corrected chi connectivity index (χ3v) is 7.45. The van der Waals surface area contributed by atoms with Crippen molar-refractivity contribution >= 4 is 0 Å². The van der Waals surface area contributed by atoms with Gasteiger partial charge in [-0.15, -0.1) is 0 Å². The molecule has 232 valence electrons. The average Bonchev–Trinajstić information content (AvgIpc) is 3.68. The van der Waals surface area contributed by atoms with E-state index < -0.39 is 0 Å². The molecule has 4 aromatic heterocycles. The second kappa shape index (κ2) is 14.4. The quantitative estimate of drug-likeness (QED) is 0.279. The molecule has 2 N–H and O–H groups in total. The number of aromatic nitrogens is 6. The normalized spacial score (nSPS) is 13.4. The minimum absolute atomic E-state index is 0.0433. The molecular formula is C32H40N8O4. The van der Waals surface area contributed by atoms with Gasteiger partial charge in [-0.2, -0.15) is 0 Å². The van der Waals surface area contributed by atoms with Crippen LogP contribution in [0.15, 0.2) is 46.2 Å². The molecule has 0 spiro atoms. The van der Waals surface area contributed by atoms with Gasteiger partial charge in [0, 0.05) is 48.7 Å². The Morgan fingerprint density at radius 3 is 1.52 bits per heavy atom. The topological polar surface area (TPSA) is 142 Å². The maximum atomic E-state index is 12.1. The zero-order chi connectivity index (χ0) is 31.1. The third kappa shape index (κ3) is 7.94. The van der Waals surface area contributed by atoms with Crippen LogP contribution in [0.3, 0.4) is 0 Å². The molecule has 12 nitrogen and oxygen atoms in total. The number of H-pyrrole nitrogens is 2. The van der Waals surface area contributed by atoms with Crippen LogP contribution in [0.25, 0.3) is 23.0 Å². The fourth-order valence-corrected chi connectivity index (χ4v) is 5.08. The minimum Gasteiger partial charge on any atom is -0.492 e. The molecule has 0 saturated carbocycles. The van der Waals surface area contributed by atoms with Crippen molar-refractivity contribution in [3.8, 4) is 34.5 Å². The Bertz CT molecular complexity index is 1570. The number of pyridine rings is 2. The zero-order valence-electron chi connectivity index (χ0n) is 25.9. The second-order valence-electron chi connectivity index (χ2n) is 11.4. The fraction of sp³-hybridized carbons (Fsp3) is 0.438. The van der Waals surface area contributed by atoms with Crippen molar-refractivity contribution in [1.29, 1.82) is 0 Å². The second-order valence-corrected chi connectivity index (χ2v) is 11.4. The molecule has 0 saturated heterocycles. The monoisotopic (exact) mass is 600 g/mol. The van der Waals surface area contributed by atoms with Gasteiger partial charge in [0.1, 0.15) is 36.1 Å². The van der Waals surface area contributed by atoms with Crippen molar-refractivity contribution in [2.24, 2.45) is 0 Å². The van der Waals surface area contributed by atoms with Gasteiger partial charge in [0.25, 0.3) is 11.1 Å². The Balaban J connectivity index is 0.000000175. The minimum atomic E-state index is -0.0433. The predicted molar refractivity (Wildman–Crippen MR) is 168 cm³/mol. The van der Waals surface area contributed by atoms with Gasteiger partial charge >= 0.3 is 0 Å². The maximum absolute atomic E-state index is 12.1. The van der Waals surface area contributed by atoms with Crippen LogP contribution in [0.4, 0.5) is 0 Å². The molecule has 0 aliphatic heterocycles. The van der Waals surface area contributed by atoms with Gasteiger partial charge in [0.2, 0.25) is 0 Å². The van der Waals surface area contributed by atoms with Gasteiger partial charge in [0.05, 0.1) is 11.4 Å². The number of aryl methyl sites for hydroxylation is 2. The highest BCUT2D eigenvalue weighted by Crippen LogP contribution is 2.23. The van der Waals surface area contributed by atoms with Crippen molar-refractivity contribution < 1.29 is 9.47 Å². The first-order valence-corrected chi connectivity index (χ1v) is 15.0. The van der Waals surface area contributed by atoms with E-state index >= 15 is 0 Å². The van der Waals surface area contributed by atoms with E-state index in [1.54, 1.807) is 12.4 Å². The molecule has 4 aromatic rings. The van der Waals surface area contributed by atoms with Gasteiger partial charge in [-0.25, -0.2) is 9.97 Å². The van der Waals surface area contributed by atoms with Crippen LogP contribution >= 0.6 is 0 Å². The first-order valence-electron chi connectivity index (χ1n) is 15.0. The number of nitrogens with one attached hydrogen (secondary N) is 2. The third-order valence-electron chi connectivity index (χ3n) is 7.45. The molecule has 0 unspecified atom stereocenters. The smallest absolute Gasteiger partial charge is 0.254 e. The van der Waals surface area contributed by atoms with Gasteiger partial charge < -0.3 is 29.2 Å². The number of ether oxygens (including phenoxy) is 2. The van der Waals surface area contributed by atoms with Gasteiger partial charge in [-0.3, -0.25) is 19.6 Å². The number of hydrogen-bond donors (Lipinski definition) is 2. The Morgan fingerprint density at radius 1 is 0.682 bits per heavy atom. The van der Waals surface area contributed by atoms with Crippen LogP contribution in [0, 0.1) is 0 Å². The van der Waals surface area contributed by atoms with E-state index in [0.717, 1.165) is 85.6 Å². The summed E-state index contributed by atoms with van der Waals surface area (Å²) in [4.78, 5) is 51.6.